The van der Waals surface area contributed by atoms with Gasteiger partial charge in [-0.1, -0.05) is 12.8 Å². The predicted octanol–water partition coefficient (Wildman–Crippen LogP) is 3.70. The summed E-state index contributed by atoms with van der Waals surface area (Å²) >= 11 is 0. The lowest BCUT2D eigenvalue weighted by molar-refractivity contribution is 0.0661. The van der Waals surface area contributed by atoms with E-state index in [1.165, 1.54) is 0 Å². The van der Waals surface area contributed by atoms with Crippen LogP contribution in [0.25, 0.3) is 0 Å². The number of methoxy groups -OCH3 is 2. The smallest absolute Gasteiger partial charge is 0.257 e. The molecule has 6 heteroatoms. The molecule has 0 N–H and O–H groups in total. The first-order chi connectivity index (χ1) is 13.0. The molecule has 1 fully saturated rings. The zero-order valence-corrected chi connectivity index (χ0v) is 16.5. The summed E-state index contributed by atoms with van der Waals surface area (Å²) in [5, 5.41) is 0. The van der Waals surface area contributed by atoms with Gasteiger partial charge in [0.1, 0.15) is 17.3 Å². The number of amides is 1. The summed E-state index contributed by atoms with van der Waals surface area (Å²) in [7, 11) is 3.28. The minimum Gasteiger partial charge on any atom is -0.497 e. The van der Waals surface area contributed by atoms with Crippen molar-refractivity contribution in [2.45, 2.75) is 52.1 Å². The summed E-state index contributed by atoms with van der Waals surface area (Å²) in [4.78, 5) is 23.9. The summed E-state index contributed by atoms with van der Waals surface area (Å²) in [6.07, 6.45) is 5.97. The van der Waals surface area contributed by atoms with Crippen LogP contribution in [-0.4, -0.2) is 41.0 Å². The van der Waals surface area contributed by atoms with Gasteiger partial charge < -0.3 is 14.4 Å². The molecule has 3 rings (SSSR count). The summed E-state index contributed by atoms with van der Waals surface area (Å²) in [6.45, 7) is 4.16. The Balaban J connectivity index is 1.96. The second-order valence-corrected chi connectivity index (χ2v) is 6.97. The molecule has 0 spiro atoms. The largest absolute Gasteiger partial charge is 0.497 e. The number of hydrogen-bond acceptors (Lipinski definition) is 5. The van der Waals surface area contributed by atoms with Crippen molar-refractivity contribution in [3.05, 3.63) is 47.0 Å². The van der Waals surface area contributed by atoms with Crippen LogP contribution in [0, 0.1) is 13.8 Å². The summed E-state index contributed by atoms with van der Waals surface area (Å²) in [5.41, 5.74) is 2.21. The Bertz CT molecular complexity index is 816. The average molecular weight is 369 g/mol. The van der Waals surface area contributed by atoms with Gasteiger partial charge in [0.15, 0.2) is 0 Å². The van der Waals surface area contributed by atoms with E-state index in [1.54, 1.807) is 20.4 Å². The van der Waals surface area contributed by atoms with E-state index in [9.17, 15) is 4.79 Å². The normalized spacial score (nSPS) is 14.2. The second-order valence-electron chi connectivity index (χ2n) is 6.97. The van der Waals surface area contributed by atoms with E-state index in [2.05, 4.69) is 9.97 Å². The van der Waals surface area contributed by atoms with Crippen LogP contribution >= 0.6 is 0 Å². The highest BCUT2D eigenvalue weighted by atomic mass is 16.5. The van der Waals surface area contributed by atoms with Crippen LogP contribution in [0.15, 0.2) is 24.4 Å². The van der Waals surface area contributed by atoms with E-state index < -0.39 is 0 Å². The SMILES string of the molecule is COc1ccc(OC)c(CN(C(=O)c2cnc(C)nc2C)C2CCCC2)c1. The Morgan fingerprint density at radius 1 is 1.19 bits per heavy atom. The molecule has 1 saturated carbocycles. The van der Waals surface area contributed by atoms with Crippen molar-refractivity contribution in [3.63, 3.8) is 0 Å². The first-order valence-corrected chi connectivity index (χ1v) is 9.35. The molecule has 0 radical (unpaired) electrons. The summed E-state index contributed by atoms with van der Waals surface area (Å²) in [5.74, 6) is 2.15. The highest BCUT2D eigenvalue weighted by molar-refractivity contribution is 5.95. The van der Waals surface area contributed by atoms with Gasteiger partial charge in [-0.25, -0.2) is 9.97 Å². The Morgan fingerprint density at radius 3 is 2.56 bits per heavy atom. The maximum absolute atomic E-state index is 13.4. The molecule has 1 amide bonds. The number of nitrogens with zero attached hydrogens (tertiary/aromatic N) is 3. The third kappa shape index (κ3) is 4.21. The van der Waals surface area contributed by atoms with Crippen molar-refractivity contribution in [2.24, 2.45) is 0 Å². The van der Waals surface area contributed by atoms with Gasteiger partial charge in [-0.05, 0) is 44.9 Å². The number of aromatic nitrogens is 2. The van der Waals surface area contributed by atoms with E-state index in [-0.39, 0.29) is 11.9 Å². The Morgan fingerprint density at radius 2 is 1.93 bits per heavy atom. The van der Waals surface area contributed by atoms with Crippen molar-refractivity contribution in [2.75, 3.05) is 14.2 Å². The molecule has 1 aliphatic carbocycles. The molecule has 1 aliphatic rings. The Kier molecular flexibility index (Phi) is 5.94. The van der Waals surface area contributed by atoms with Gasteiger partial charge in [-0.2, -0.15) is 0 Å². The minimum absolute atomic E-state index is 0.0238. The molecule has 0 aliphatic heterocycles. The van der Waals surface area contributed by atoms with Crippen molar-refractivity contribution in [1.82, 2.24) is 14.9 Å². The van der Waals surface area contributed by atoms with E-state index in [0.717, 1.165) is 42.7 Å². The fourth-order valence-corrected chi connectivity index (χ4v) is 3.72. The first kappa shape index (κ1) is 19.1. The molecule has 2 aromatic rings. The second kappa shape index (κ2) is 8.37. The van der Waals surface area contributed by atoms with Gasteiger partial charge in [0.05, 0.1) is 32.0 Å². The third-order valence-corrected chi connectivity index (χ3v) is 5.18. The quantitative estimate of drug-likeness (QED) is 0.777. The molecule has 0 saturated heterocycles. The first-order valence-electron chi connectivity index (χ1n) is 9.35. The molecule has 0 atom stereocenters. The Hall–Kier alpha value is -2.63. The lowest BCUT2D eigenvalue weighted by Gasteiger charge is -2.30. The lowest BCUT2D eigenvalue weighted by atomic mass is 10.1. The molecule has 27 heavy (non-hydrogen) atoms. The number of ether oxygens (including phenoxy) is 2. The molecular formula is C21H27N3O3. The van der Waals surface area contributed by atoms with Gasteiger partial charge in [0, 0.05) is 17.8 Å². The van der Waals surface area contributed by atoms with Crippen molar-refractivity contribution in [3.8, 4) is 11.5 Å². The highest BCUT2D eigenvalue weighted by Gasteiger charge is 2.29. The van der Waals surface area contributed by atoms with Crippen LogP contribution in [0.4, 0.5) is 0 Å². The van der Waals surface area contributed by atoms with E-state index in [4.69, 9.17) is 9.47 Å². The number of aryl methyl sites for hydroxylation is 2. The maximum Gasteiger partial charge on any atom is 0.257 e. The number of hydrogen-bond donors (Lipinski definition) is 0. The standard InChI is InChI=1S/C21H27N3O3/c1-14-19(12-22-15(2)23-14)21(25)24(17-7-5-6-8-17)13-16-11-18(26-3)9-10-20(16)27-4/h9-12,17H,5-8,13H2,1-4H3. The van der Waals surface area contributed by atoms with Gasteiger partial charge in [0.2, 0.25) is 0 Å². The van der Waals surface area contributed by atoms with Crippen molar-refractivity contribution >= 4 is 5.91 Å². The van der Waals surface area contributed by atoms with Crippen LogP contribution in [0.5, 0.6) is 11.5 Å². The van der Waals surface area contributed by atoms with Crippen LogP contribution in [0.3, 0.4) is 0 Å². The fraction of sp³-hybridized carbons (Fsp3) is 0.476. The molecule has 1 heterocycles. The summed E-state index contributed by atoms with van der Waals surface area (Å²) in [6, 6.07) is 5.90. The molecule has 0 unspecified atom stereocenters. The van der Waals surface area contributed by atoms with Crippen molar-refractivity contribution in [1.29, 1.82) is 0 Å². The van der Waals surface area contributed by atoms with Crippen LogP contribution in [-0.2, 0) is 6.54 Å². The predicted molar refractivity (Wildman–Crippen MR) is 103 cm³/mol. The molecule has 1 aromatic carbocycles. The van der Waals surface area contributed by atoms with Crippen LogP contribution in [0.1, 0.15) is 53.1 Å². The van der Waals surface area contributed by atoms with Crippen LogP contribution in [0.2, 0.25) is 0 Å². The topological polar surface area (TPSA) is 64.6 Å². The van der Waals surface area contributed by atoms with Gasteiger partial charge in [-0.15, -0.1) is 0 Å². The zero-order valence-electron chi connectivity index (χ0n) is 16.5. The minimum atomic E-state index is -0.0238. The third-order valence-electron chi connectivity index (χ3n) is 5.18. The molecule has 1 aromatic heterocycles. The van der Waals surface area contributed by atoms with Crippen molar-refractivity contribution < 1.29 is 14.3 Å². The number of carbonyl (C=O) groups is 1. The highest BCUT2D eigenvalue weighted by Crippen LogP contribution is 2.31. The molecule has 144 valence electrons. The van der Waals surface area contributed by atoms with Gasteiger partial charge >= 0.3 is 0 Å². The number of rotatable bonds is 6. The van der Waals surface area contributed by atoms with E-state index >= 15 is 0 Å². The van der Waals surface area contributed by atoms with Gasteiger partial charge in [0.25, 0.3) is 5.91 Å². The Labute approximate surface area is 160 Å². The molecule has 6 nitrogen and oxygen atoms in total. The monoisotopic (exact) mass is 369 g/mol. The lowest BCUT2D eigenvalue weighted by Crippen LogP contribution is -2.39. The van der Waals surface area contributed by atoms with E-state index in [0.29, 0.717) is 23.6 Å². The molecule has 0 bridgehead atoms. The van der Waals surface area contributed by atoms with Crippen LogP contribution < -0.4 is 9.47 Å². The van der Waals surface area contributed by atoms with Gasteiger partial charge in [-0.3, -0.25) is 4.79 Å². The zero-order chi connectivity index (χ0) is 19.4. The fourth-order valence-electron chi connectivity index (χ4n) is 3.72. The van der Waals surface area contributed by atoms with E-state index in [1.807, 2.05) is 36.9 Å². The average Bonchev–Trinajstić information content (AvgIpc) is 3.19. The maximum atomic E-state index is 13.4. The number of benzene rings is 1. The molecular weight excluding hydrogens is 342 g/mol. The summed E-state index contributed by atoms with van der Waals surface area (Å²) < 4.78 is 10.9. The number of carbonyl (C=O) groups excluding carboxylic acids is 1.